The summed E-state index contributed by atoms with van der Waals surface area (Å²) in [4.78, 5) is 21.3. The van der Waals surface area contributed by atoms with E-state index in [9.17, 15) is 31.7 Å². The zero-order chi connectivity index (χ0) is 14.0. The van der Waals surface area contributed by atoms with Gasteiger partial charge < -0.3 is 9.47 Å². The van der Waals surface area contributed by atoms with Gasteiger partial charge in [-0.15, -0.1) is 4.91 Å². The van der Waals surface area contributed by atoms with Crippen LogP contribution < -0.4 is 0 Å². The molecular formula is C8H8F5NO4. The Kier molecular flexibility index (Phi) is 3.89. The highest BCUT2D eigenvalue weighted by atomic mass is 19.4. The van der Waals surface area contributed by atoms with Crippen LogP contribution in [0, 0.1) is 4.91 Å². The Hall–Kier alpha value is -1.32. The number of hydrogen-bond donors (Lipinski definition) is 0. The van der Waals surface area contributed by atoms with Gasteiger partial charge in [-0.25, -0.2) is 4.79 Å². The predicted octanol–water partition coefficient (Wildman–Crippen LogP) is 2.00. The highest BCUT2D eigenvalue weighted by molar-refractivity contribution is 5.79. The minimum absolute atomic E-state index is 0.128. The third kappa shape index (κ3) is 2.74. The van der Waals surface area contributed by atoms with Crippen molar-refractivity contribution >= 4 is 5.97 Å². The lowest BCUT2D eigenvalue weighted by molar-refractivity contribution is -0.287. The number of nitroso groups, excluding NO2 is 1. The van der Waals surface area contributed by atoms with Gasteiger partial charge in [-0.05, 0) is 5.18 Å². The molecule has 18 heavy (non-hydrogen) atoms. The second-order valence-electron chi connectivity index (χ2n) is 3.61. The maximum absolute atomic E-state index is 12.6. The number of carbonyl (C=O) groups excluding carboxylic acids is 1. The first kappa shape index (κ1) is 14.7. The van der Waals surface area contributed by atoms with E-state index in [1.165, 1.54) is 0 Å². The molecule has 5 nitrogen and oxygen atoms in total. The van der Waals surface area contributed by atoms with Gasteiger partial charge in [0.1, 0.15) is 0 Å². The minimum Gasteiger partial charge on any atom is -0.429 e. The molecule has 0 N–H and O–H groups in total. The van der Waals surface area contributed by atoms with Crippen LogP contribution in [0.3, 0.4) is 0 Å². The SMILES string of the molecule is O=NC1(OC(=O)C(F)(F)C(F)(F)F)CCOCC1. The monoisotopic (exact) mass is 277 g/mol. The summed E-state index contributed by atoms with van der Waals surface area (Å²) in [7, 11) is 0. The molecule has 1 saturated heterocycles. The normalized spacial score (nSPS) is 20.3. The van der Waals surface area contributed by atoms with Crippen LogP contribution in [0.15, 0.2) is 5.18 Å². The van der Waals surface area contributed by atoms with E-state index >= 15 is 0 Å². The summed E-state index contributed by atoms with van der Waals surface area (Å²) in [5.41, 5.74) is -2.22. The Morgan fingerprint density at radius 3 is 2.06 bits per heavy atom. The molecule has 0 aromatic rings. The van der Waals surface area contributed by atoms with Gasteiger partial charge in [0.05, 0.1) is 13.2 Å². The largest absolute Gasteiger partial charge is 0.465 e. The lowest BCUT2D eigenvalue weighted by Crippen LogP contribution is -2.50. The van der Waals surface area contributed by atoms with Crippen LogP contribution in [-0.2, 0) is 14.3 Å². The Balaban J connectivity index is 2.83. The molecule has 0 saturated carbocycles. The first-order chi connectivity index (χ1) is 8.15. The summed E-state index contributed by atoms with van der Waals surface area (Å²) in [5, 5.41) is 2.34. The number of carbonyl (C=O) groups is 1. The fourth-order valence-electron chi connectivity index (χ4n) is 1.25. The molecule has 1 aliphatic heterocycles. The molecule has 0 radical (unpaired) electrons. The lowest BCUT2D eigenvalue weighted by atomic mass is 10.1. The van der Waals surface area contributed by atoms with E-state index in [1.807, 2.05) is 0 Å². The smallest absolute Gasteiger partial charge is 0.429 e. The number of nitrogens with zero attached hydrogens (tertiary/aromatic N) is 1. The first-order valence-corrected chi connectivity index (χ1v) is 4.75. The van der Waals surface area contributed by atoms with Crippen LogP contribution in [-0.4, -0.2) is 37.0 Å². The summed E-state index contributed by atoms with van der Waals surface area (Å²) in [6, 6.07) is 0. The predicted molar refractivity (Wildman–Crippen MR) is 45.7 cm³/mol. The van der Waals surface area contributed by atoms with Gasteiger partial charge in [-0.3, -0.25) is 0 Å². The standard InChI is InChI=1S/C8H8F5NO4/c9-7(10,8(11,12)13)5(15)18-6(14-16)1-3-17-4-2-6/h1-4H2. The quantitative estimate of drug-likeness (QED) is 0.449. The van der Waals surface area contributed by atoms with Crippen molar-refractivity contribution in [3.63, 3.8) is 0 Å². The van der Waals surface area contributed by atoms with E-state index < -0.39 is 23.8 Å². The molecule has 0 bridgehead atoms. The number of ether oxygens (including phenoxy) is 2. The van der Waals surface area contributed by atoms with Gasteiger partial charge in [0.25, 0.3) is 0 Å². The average molecular weight is 277 g/mol. The lowest BCUT2D eigenvalue weighted by Gasteiger charge is -2.31. The molecule has 0 amide bonds. The van der Waals surface area contributed by atoms with Gasteiger partial charge in [0.2, 0.25) is 5.72 Å². The van der Waals surface area contributed by atoms with Gasteiger partial charge in [-0.1, -0.05) is 0 Å². The van der Waals surface area contributed by atoms with Crippen molar-refractivity contribution in [2.75, 3.05) is 13.2 Å². The Labute approximate surface area is 97.2 Å². The summed E-state index contributed by atoms with van der Waals surface area (Å²) in [6.07, 6.45) is -6.81. The van der Waals surface area contributed by atoms with E-state index in [0.717, 1.165) is 0 Å². The molecule has 0 atom stereocenters. The molecule has 1 aliphatic rings. The van der Waals surface area contributed by atoms with Crippen molar-refractivity contribution in [1.29, 1.82) is 0 Å². The van der Waals surface area contributed by atoms with Crippen molar-refractivity contribution in [2.45, 2.75) is 30.7 Å². The van der Waals surface area contributed by atoms with Crippen molar-refractivity contribution in [2.24, 2.45) is 5.18 Å². The molecule has 0 spiro atoms. The second-order valence-corrected chi connectivity index (χ2v) is 3.61. The van der Waals surface area contributed by atoms with Crippen LogP contribution >= 0.6 is 0 Å². The fraction of sp³-hybridized carbons (Fsp3) is 0.875. The molecular weight excluding hydrogens is 269 g/mol. The molecule has 10 heteroatoms. The summed E-state index contributed by atoms with van der Waals surface area (Å²) in [5.74, 6) is -8.51. The molecule has 1 rings (SSSR count). The van der Waals surface area contributed by atoms with Crippen molar-refractivity contribution in [1.82, 2.24) is 0 Å². The second kappa shape index (κ2) is 4.75. The summed E-state index contributed by atoms with van der Waals surface area (Å²) >= 11 is 0. The van der Waals surface area contributed by atoms with Crippen molar-refractivity contribution in [3.05, 3.63) is 4.91 Å². The number of halogens is 5. The van der Waals surface area contributed by atoms with Crippen LogP contribution in [0.2, 0.25) is 0 Å². The number of rotatable bonds is 3. The van der Waals surface area contributed by atoms with E-state index in [0.29, 0.717) is 0 Å². The molecule has 1 heterocycles. The van der Waals surface area contributed by atoms with Crippen LogP contribution in [0.4, 0.5) is 22.0 Å². The molecule has 0 unspecified atom stereocenters. The fourth-order valence-corrected chi connectivity index (χ4v) is 1.25. The Morgan fingerprint density at radius 2 is 1.67 bits per heavy atom. The minimum atomic E-state index is -6.08. The zero-order valence-corrected chi connectivity index (χ0v) is 8.80. The van der Waals surface area contributed by atoms with E-state index in [-0.39, 0.29) is 26.1 Å². The molecule has 0 aromatic carbocycles. The summed E-state index contributed by atoms with van der Waals surface area (Å²) in [6.45, 7) is -0.257. The van der Waals surface area contributed by atoms with E-state index in [2.05, 4.69) is 9.91 Å². The molecule has 104 valence electrons. The number of esters is 1. The third-order valence-corrected chi connectivity index (χ3v) is 2.34. The van der Waals surface area contributed by atoms with Gasteiger partial charge >= 0.3 is 18.1 Å². The topological polar surface area (TPSA) is 65.0 Å². The molecule has 0 aliphatic carbocycles. The average Bonchev–Trinajstić information content (AvgIpc) is 2.28. The molecule has 1 fully saturated rings. The van der Waals surface area contributed by atoms with Crippen LogP contribution in [0.5, 0.6) is 0 Å². The highest BCUT2D eigenvalue weighted by Gasteiger charge is 2.66. The Bertz CT molecular complexity index is 337. The van der Waals surface area contributed by atoms with Crippen LogP contribution in [0.25, 0.3) is 0 Å². The maximum atomic E-state index is 12.6. The van der Waals surface area contributed by atoms with Gasteiger partial charge in [-0.2, -0.15) is 22.0 Å². The maximum Gasteiger partial charge on any atom is 0.465 e. The zero-order valence-electron chi connectivity index (χ0n) is 8.80. The first-order valence-electron chi connectivity index (χ1n) is 4.75. The number of hydrogen-bond acceptors (Lipinski definition) is 5. The van der Waals surface area contributed by atoms with Crippen LogP contribution in [0.1, 0.15) is 12.8 Å². The van der Waals surface area contributed by atoms with Crippen molar-refractivity contribution < 1.29 is 36.2 Å². The molecule has 0 aromatic heterocycles. The third-order valence-electron chi connectivity index (χ3n) is 2.34. The van der Waals surface area contributed by atoms with Gasteiger partial charge in [0, 0.05) is 12.8 Å². The van der Waals surface area contributed by atoms with E-state index in [4.69, 9.17) is 4.74 Å². The van der Waals surface area contributed by atoms with Gasteiger partial charge in [0.15, 0.2) is 0 Å². The number of alkyl halides is 5. The Morgan fingerprint density at radius 1 is 1.17 bits per heavy atom. The summed E-state index contributed by atoms with van der Waals surface area (Å²) < 4.78 is 69.6. The highest BCUT2D eigenvalue weighted by Crippen LogP contribution is 2.38. The van der Waals surface area contributed by atoms with E-state index in [1.54, 1.807) is 0 Å². The van der Waals surface area contributed by atoms with Crippen molar-refractivity contribution in [3.8, 4) is 0 Å².